The highest BCUT2D eigenvalue weighted by Gasteiger charge is 2.25. The molecule has 2 rings (SSSR count). The van der Waals surface area contributed by atoms with Gasteiger partial charge in [-0.1, -0.05) is 0 Å². The van der Waals surface area contributed by atoms with Crippen LogP contribution in [0.2, 0.25) is 0 Å². The van der Waals surface area contributed by atoms with Crippen LogP contribution < -0.4 is 10.2 Å². The monoisotopic (exact) mass is 390 g/mol. The van der Waals surface area contributed by atoms with Gasteiger partial charge in [0.25, 0.3) is 5.91 Å². The second-order valence-electron chi connectivity index (χ2n) is 8.36. The Morgan fingerprint density at radius 3 is 2.21 bits per heavy atom. The van der Waals surface area contributed by atoms with Crippen LogP contribution in [-0.2, 0) is 4.74 Å². The van der Waals surface area contributed by atoms with Gasteiger partial charge in [0.1, 0.15) is 5.60 Å². The summed E-state index contributed by atoms with van der Waals surface area (Å²) in [5.41, 5.74) is 1.29. The Labute approximate surface area is 168 Å². The summed E-state index contributed by atoms with van der Waals surface area (Å²) < 4.78 is 5.42. The van der Waals surface area contributed by atoms with Crippen molar-refractivity contribution in [3.8, 4) is 0 Å². The minimum atomic E-state index is -0.459. The van der Waals surface area contributed by atoms with E-state index < -0.39 is 5.60 Å². The molecule has 1 aliphatic heterocycles. The SMILES string of the molecule is CN(C)c1ccc(C(=O)NCCCN2CCN(C(=O)OC(C)(C)C)CC2)cc1. The largest absolute Gasteiger partial charge is 0.444 e. The fourth-order valence-electron chi connectivity index (χ4n) is 3.00. The Morgan fingerprint density at radius 1 is 1.07 bits per heavy atom. The van der Waals surface area contributed by atoms with E-state index in [1.807, 2.05) is 64.0 Å². The third-order valence-corrected chi connectivity index (χ3v) is 4.61. The van der Waals surface area contributed by atoms with Gasteiger partial charge >= 0.3 is 6.09 Å². The molecule has 0 radical (unpaired) electrons. The van der Waals surface area contributed by atoms with Gasteiger partial charge in [-0.3, -0.25) is 9.69 Å². The summed E-state index contributed by atoms with van der Waals surface area (Å²) in [6.45, 7) is 10.2. The summed E-state index contributed by atoms with van der Waals surface area (Å²) in [4.78, 5) is 30.4. The van der Waals surface area contributed by atoms with Crippen LogP contribution in [0.3, 0.4) is 0 Å². The smallest absolute Gasteiger partial charge is 0.410 e. The molecule has 0 bridgehead atoms. The third kappa shape index (κ3) is 7.03. The lowest BCUT2D eigenvalue weighted by Crippen LogP contribution is -2.50. The molecule has 28 heavy (non-hydrogen) atoms. The van der Waals surface area contributed by atoms with E-state index in [9.17, 15) is 9.59 Å². The van der Waals surface area contributed by atoms with Crippen molar-refractivity contribution in [1.29, 1.82) is 0 Å². The normalized spacial score (nSPS) is 15.2. The number of rotatable bonds is 6. The van der Waals surface area contributed by atoms with Gasteiger partial charge in [-0.2, -0.15) is 0 Å². The van der Waals surface area contributed by atoms with E-state index in [1.165, 1.54) is 0 Å². The molecule has 1 saturated heterocycles. The fraction of sp³-hybridized carbons (Fsp3) is 0.619. The Kier molecular flexibility index (Phi) is 7.69. The zero-order valence-electron chi connectivity index (χ0n) is 17.8. The highest BCUT2D eigenvalue weighted by molar-refractivity contribution is 5.94. The van der Waals surface area contributed by atoms with Crippen LogP contribution in [0.15, 0.2) is 24.3 Å². The Hall–Kier alpha value is -2.28. The lowest BCUT2D eigenvalue weighted by atomic mass is 10.2. The molecule has 0 spiro atoms. The van der Waals surface area contributed by atoms with Crippen molar-refractivity contribution in [2.75, 3.05) is 58.3 Å². The maximum absolute atomic E-state index is 12.2. The Bertz CT molecular complexity index is 645. The standard InChI is InChI=1S/C21H34N4O3/c1-21(2,3)28-20(27)25-15-13-24(14-16-25)12-6-11-22-19(26)17-7-9-18(10-8-17)23(4)5/h7-10H,6,11-16H2,1-5H3,(H,22,26). The van der Waals surface area contributed by atoms with Crippen molar-refractivity contribution < 1.29 is 14.3 Å². The minimum absolute atomic E-state index is 0.0416. The molecule has 1 aromatic carbocycles. The van der Waals surface area contributed by atoms with Gasteiger partial charge in [-0.25, -0.2) is 4.79 Å². The summed E-state index contributed by atoms with van der Waals surface area (Å²) in [5.74, 6) is -0.0416. The van der Waals surface area contributed by atoms with Crippen molar-refractivity contribution in [2.45, 2.75) is 32.8 Å². The first kappa shape index (κ1) is 22.0. The minimum Gasteiger partial charge on any atom is -0.444 e. The van der Waals surface area contributed by atoms with E-state index >= 15 is 0 Å². The van der Waals surface area contributed by atoms with Crippen LogP contribution in [0.4, 0.5) is 10.5 Å². The predicted molar refractivity (Wildman–Crippen MR) is 112 cm³/mol. The first-order chi connectivity index (χ1) is 13.2. The first-order valence-electron chi connectivity index (χ1n) is 9.91. The van der Waals surface area contributed by atoms with Crippen LogP contribution in [0, 0.1) is 0 Å². The molecule has 0 aromatic heterocycles. The van der Waals surface area contributed by atoms with E-state index in [1.54, 1.807) is 4.90 Å². The number of carbonyl (C=O) groups excluding carboxylic acids is 2. The number of carbonyl (C=O) groups is 2. The molecule has 7 heteroatoms. The van der Waals surface area contributed by atoms with Gasteiger partial charge in [-0.05, 0) is 58.0 Å². The van der Waals surface area contributed by atoms with Crippen molar-refractivity contribution >= 4 is 17.7 Å². The molecule has 1 fully saturated rings. The van der Waals surface area contributed by atoms with Crippen LogP contribution >= 0.6 is 0 Å². The molecular formula is C21H34N4O3. The number of ether oxygens (including phenoxy) is 1. The first-order valence-corrected chi connectivity index (χ1v) is 9.91. The highest BCUT2D eigenvalue weighted by Crippen LogP contribution is 2.13. The second-order valence-corrected chi connectivity index (χ2v) is 8.36. The fourth-order valence-corrected chi connectivity index (χ4v) is 3.00. The number of benzene rings is 1. The van der Waals surface area contributed by atoms with Crippen LogP contribution in [-0.4, -0.2) is 80.8 Å². The van der Waals surface area contributed by atoms with Gasteiger partial charge in [-0.15, -0.1) is 0 Å². The Morgan fingerprint density at radius 2 is 1.68 bits per heavy atom. The van der Waals surface area contributed by atoms with Gasteiger partial charge in [0.05, 0.1) is 0 Å². The predicted octanol–water partition coefficient (Wildman–Crippen LogP) is 2.43. The van der Waals surface area contributed by atoms with Crippen LogP contribution in [0.5, 0.6) is 0 Å². The number of hydrogen-bond acceptors (Lipinski definition) is 5. The van der Waals surface area contributed by atoms with Crippen molar-refractivity contribution in [3.05, 3.63) is 29.8 Å². The van der Waals surface area contributed by atoms with E-state index in [0.29, 0.717) is 25.2 Å². The van der Waals surface area contributed by atoms with Gasteiger partial charge in [0.2, 0.25) is 0 Å². The zero-order chi connectivity index (χ0) is 20.7. The summed E-state index contributed by atoms with van der Waals surface area (Å²) in [5, 5.41) is 2.98. The topological polar surface area (TPSA) is 65.1 Å². The van der Waals surface area contributed by atoms with Crippen molar-refractivity contribution in [3.63, 3.8) is 0 Å². The molecule has 0 aliphatic carbocycles. The molecule has 1 aromatic rings. The molecule has 7 nitrogen and oxygen atoms in total. The zero-order valence-corrected chi connectivity index (χ0v) is 17.8. The molecular weight excluding hydrogens is 356 g/mol. The number of piperazine rings is 1. The van der Waals surface area contributed by atoms with E-state index in [-0.39, 0.29) is 12.0 Å². The molecule has 0 unspecified atom stereocenters. The molecule has 1 heterocycles. The second kappa shape index (κ2) is 9.78. The van der Waals surface area contributed by atoms with Crippen molar-refractivity contribution in [1.82, 2.24) is 15.1 Å². The van der Waals surface area contributed by atoms with E-state index in [4.69, 9.17) is 4.74 Å². The quantitative estimate of drug-likeness (QED) is 0.756. The summed E-state index contributed by atoms with van der Waals surface area (Å²) >= 11 is 0. The Balaban J connectivity index is 1.64. The maximum Gasteiger partial charge on any atom is 0.410 e. The summed E-state index contributed by atoms with van der Waals surface area (Å²) in [7, 11) is 3.95. The molecule has 0 atom stereocenters. The van der Waals surface area contributed by atoms with Gasteiger partial charge < -0.3 is 19.9 Å². The average molecular weight is 391 g/mol. The summed E-state index contributed by atoms with van der Waals surface area (Å²) in [6.07, 6.45) is 0.647. The number of hydrogen-bond donors (Lipinski definition) is 1. The third-order valence-electron chi connectivity index (χ3n) is 4.61. The van der Waals surface area contributed by atoms with Gasteiger partial charge in [0, 0.05) is 58.1 Å². The number of nitrogens with zero attached hydrogens (tertiary/aromatic N) is 3. The molecule has 2 amide bonds. The molecule has 0 saturated carbocycles. The number of nitrogens with one attached hydrogen (secondary N) is 1. The average Bonchev–Trinajstić information content (AvgIpc) is 2.64. The highest BCUT2D eigenvalue weighted by atomic mass is 16.6. The number of anilines is 1. The lowest BCUT2D eigenvalue weighted by molar-refractivity contribution is 0.0144. The van der Waals surface area contributed by atoms with Crippen molar-refractivity contribution in [2.24, 2.45) is 0 Å². The van der Waals surface area contributed by atoms with Crippen LogP contribution in [0.1, 0.15) is 37.6 Å². The molecule has 1 N–H and O–H groups in total. The number of amides is 2. The van der Waals surface area contributed by atoms with Gasteiger partial charge in [0.15, 0.2) is 0 Å². The maximum atomic E-state index is 12.2. The molecule has 1 aliphatic rings. The van der Waals surface area contributed by atoms with Crippen LogP contribution in [0.25, 0.3) is 0 Å². The van der Waals surface area contributed by atoms with E-state index in [0.717, 1.165) is 31.7 Å². The lowest BCUT2D eigenvalue weighted by Gasteiger charge is -2.35. The summed E-state index contributed by atoms with van der Waals surface area (Å²) in [6, 6.07) is 7.58. The van der Waals surface area contributed by atoms with E-state index in [2.05, 4.69) is 10.2 Å². The molecule has 156 valence electrons.